The van der Waals surface area contributed by atoms with E-state index in [1.165, 1.54) is 12.1 Å². The van der Waals surface area contributed by atoms with Crippen molar-refractivity contribution in [2.24, 2.45) is 0 Å². The second kappa shape index (κ2) is 5.93. The fraction of sp³-hybridized carbons (Fsp3) is 0.188. The fourth-order valence-electron chi connectivity index (χ4n) is 2.31. The quantitative estimate of drug-likeness (QED) is 0.757. The third kappa shape index (κ3) is 2.87. The Bertz CT molecular complexity index is 737. The van der Waals surface area contributed by atoms with Gasteiger partial charge in [0, 0.05) is 6.54 Å². The number of halogens is 1. The second-order valence-electron chi connectivity index (χ2n) is 4.79. The third-order valence-electron chi connectivity index (χ3n) is 3.30. The number of aromatic nitrogens is 2. The lowest BCUT2D eigenvalue weighted by Gasteiger charge is -2.10. The van der Waals surface area contributed by atoms with Gasteiger partial charge in [-0.1, -0.05) is 24.3 Å². The van der Waals surface area contributed by atoms with Crippen LogP contribution in [0.1, 0.15) is 5.56 Å². The van der Waals surface area contributed by atoms with Crippen molar-refractivity contribution in [1.29, 1.82) is 0 Å². The first-order chi connectivity index (χ1) is 10.3. The van der Waals surface area contributed by atoms with Gasteiger partial charge in [0.1, 0.15) is 5.82 Å². The van der Waals surface area contributed by atoms with E-state index in [9.17, 15) is 4.39 Å². The maximum Gasteiger partial charge on any atom is 0.204 e. The average molecular weight is 285 g/mol. The molecule has 0 radical (unpaired) electrons. The van der Waals surface area contributed by atoms with E-state index < -0.39 is 0 Å². The van der Waals surface area contributed by atoms with Crippen molar-refractivity contribution in [1.82, 2.24) is 9.55 Å². The zero-order valence-electron chi connectivity index (χ0n) is 11.5. The zero-order chi connectivity index (χ0) is 14.7. The van der Waals surface area contributed by atoms with Gasteiger partial charge in [0.05, 0.1) is 24.2 Å². The van der Waals surface area contributed by atoms with Gasteiger partial charge in [0.25, 0.3) is 0 Å². The monoisotopic (exact) mass is 285 g/mol. The van der Waals surface area contributed by atoms with Crippen molar-refractivity contribution in [2.75, 3.05) is 18.5 Å². The molecule has 0 amide bonds. The molecule has 0 fully saturated rings. The Morgan fingerprint density at radius 2 is 1.86 bits per heavy atom. The minimum atomic E-state index is -0.243. The Morgan fingerprint density at radius 3 is 2.62 bits per heavy atom. The number of nitrogens with one attached hydrogen (secondary N) is 1. The van der Waals surface area contributed by atoms with Gasteiger partial charge in [-0.3, -0.25) is 0 Å². The van der Waals surface area contributed by atoms with Crippen molar-refractivity contribution in [2.45, 2.75) is 6.54 Å². The molecule has 3 aromatic rings. The van der Waals surface area contributed by atoms with Crippen LogP contribution in [0.4, 0.5) is 10.3 Å². The van der Waals surface area contributed by atoms with Crippen LogP contribution in [0.25, 0.3) is 11.0 Å². The van der Waals surface area contributed by atoms with Gasteiger partial charge in [-0.25, -0.2) is 9.37 Å². The van der Waals surface area contributed by atoms with E-state index in [0.29, 0.717) is 19.0 Å². The predicted octanol–water partition coefficient (Wildman–Crippen LogP) is 2.63. The number of aliphatic hydroxyl groups excluding tert-OH is 1. The molecule has 0 aliphatic heterocycles. The number of hydrogen-bond donors (Lipinski definition) is 2. The molecule has 1 aromatic heterocycles. The van der Waals surface area contributed by atoms with Crippen molar-refractivity contribution in [3.05, 3.63) is 59.9 Å². The number of hydrogen-bond acceptors (Lipinski definition) is 3. The first-order valence-electron chi connectivity index (χ1n) is 6.82. The lowest BCUT2D eigenvalue weighted by Crippen LogP contribution is -2.12. The van der Waals surface area contributed by atoms with Crippen LogP contribution in [0.15, 0.2) is 48.5 Å². The summed E-state index contributed by atoms with van der Waals surface area (Å²) >= 11 is 0. The van der Waals surface area contributed by atoms with Gasteiger partial charge in [-0.05, 0) is 29.8 Å². The van der Waals surface area contributed by atoms with Gasteiger partial charge in [0.2, 0.25) is 5.95 Å². The minimum absolute atomic E-state index is 0.0414. The molecule has 0 spiro atoms. The van der Waals surface area contributed by atoms with Gasteiger partial charge in [-0.2, -0.15) is 0 Å². The van der Waals surface area contributed by atoms with Gasteiger partial charge >= 0.3 is 0 Å². The van der Waals surface area contributed by atoms with Crippen LogP contribution in [0, 0.1) is 5.82 Å². The molecule has 2 N–H and O–H groups in total. The van der Waals surface area contributed by atoms with Crippen molar-refractivity contribution in [3.63, 3.8) is 0 Å². The second-order valence-corrected chi connectivity index (χ2v) is 4.79. The molecule has 0 bridgehead atoms. The van der Waals surface area contributed by atoms with Crippen molar-refractivity contribution >= 4 is 17.0 Å². The molecule has 5 heteroatoms. The number of imidazole rings is 1. The van der Waals surface area contributed by atoms with Crippen LogP contribution in [-0.2, 0) is 6.54 Å². The van der Waals surface area contributed by atoms with Crippen molar-refractivity contribution < 1.29 is 9.50 Å². The highest BCUT2D eigenvalue weighted by atomic mass is 19.1. The molecule has 0 unspecified atom stereocenters. The fourth-order valence-corrected chi connectivity index (χ4v) is 2.31. The maximum absolute atomic E-state index is 13.0. The third-order valence-corrected chi connectivity index (χ3v) is 3.30. The summed E-state index contributed by atoms with van der Waals surface area (Å²) in [6.07, 6.45) is 0. The standard InChI is InChI=1S/C16H16FN3O/c17-13-7-5-12(6-8-13)11-20-15-4-2-1-3-14(15)19-16(20)18-9-10-21/h1-8,21H,9-11H2,(H,18,19). The molecule has 3 rings (SSSR count). The molecule has 0 saturated carbocycles. The van der Waals surface area contributed by atoms with Crippen molar-refractivity contribution in [3.8, 4) is 0 Å². The van der Waals surface area contributed by atoms with E-state index in [-0.39, 0.29) is 12.4 Å². The van der Waals surface area contributed by atoms with Gasteiger partial charge in [-0.15, -0.1) is 0 Å². The Labute approximate surface area is 121 Å². The summed E-state index contributed by atoms with van der Waals surface area (Å²) in [4.78, 5) is 4.53. The van der Waals surface area contributed by atoms with Crippen LogP contribution in [0.3, 0.4) is 0 Å². The minimum Gasteiger partial charge on any atom is -0.395 e. The highest BCUT2D eigenvalue weighted by Gasteiger charge is 2.10. The molecule has 108 valence electrons. The summed E-state index contributed by atoms with van der Waals surface area (Å²) in [6, 6.07) is 14.3. The summed E-state index contributed by atoms with van der Waals surface area (Å²) in [5.74, 6) is 0.461. The molecule has 1 heterocycles. The molecule has 2 aromatic carbocycles. The number of fused-ring (bicyclic) bond motifs is 1. The molecular formula is C16H16FN3O. The van der Waals surface area contributed by atoms with Gasteiger partial charge < -0.3 is 15.0 Å². The number of anilines is 1. The average Bonchev–Trinajstić information content (AvgIpc) is 2.85. The normalized spacial score (nSPS) is 11.0. The highest BCUT2D eigenvalue weighted by Crippen LogP contribution is 2.21. The number of nitrogens with zero attached hydrogens (tertiary/aromatic N) is 2. The SMILES string of the molecule is OCCNc1nc2ccccc2n1Cc1ccc(F)cc1. The molecule has 21 heavy (non-hydrogen) atoms. The highest BCUT2D eigenvalue weighted by molar-refractivity contribution is 5.78. The van der Waals surface area contributed by atoms with E-state index in [4.69, 9.17) is 5.11 Å². The number of rotatable bonds is 5. The largest absolute Gasteiger partial charge is 0.395 e. The first-order valence-corrected chi connectivity index (χ1v) is 6.82. The molecule has 4 nitrogen and oxygen atoms in total. The Kier molecular flexibility index (Phi) is 3.83. The van der Waals surface area contributed by atoms with Crippen LogP contribution >= 0.6 is 0 Å². The summed E-state index contributed by atoms with van der Waals surface area (Å²) in [6.45, 7) is 1.07. The Balaban J connectivity index is 1.99. The molecule has 0 aliphatic rings. The Morgan fingerprint density at radius 1 is 1.10 bits per heavy atom. The molecule has 0 aliphatic carbocycles. The maximum atomic E-state index is 13.0. The van der Waals surface area contributed by atoms with Crippen LogP contribution in [0.2, 0.25) is 0 Å². The smallest absolute Gasteiger partial charge is 0.204 e. The van der Waals surface area contributed by atoms with Crippen LogP contribution in [-0.4, -0.2) is 27.8 Å². The van der Waals surface area contributed by atoms with Crippen LogP contribution in [0.5, 0.6) is 0 Å². The first kappa shape index (κ1) is 13.6. The van der Waals surface area contributed by atoms with E-state index in [1.54, 1.807) is 12.1 Å². The van der Waals surface area contributed by atoms with E-state index in [0.717, 1.165) is 16.6 Å². The number of aliphatic hydroxyl groups is 1. The van der Waals surface area contributed by atoms with E-state index in [2.05, 4.69) is 10.3 Å². The van der Waals surface area contributed by atoms with Gasteiger partial charge in [0.15, 0.2) is 0 Å². The lowest BCUT2D eigenvalue weighted by atomic mass is 10.2. The zero-order valence-corrected chi connectivity index (χ0v) is 11.5. The van der Waals surface area contributed by atoms with E-state index >= 15 is 0 Å². The Hall–Kier alpha value is -2.40. The molecule has 0 atom stereocenters. The molecule has 0 saturated heterocycles. The number of para-hydroxylation sites is 2. The number of benzene rings is 2. The predicted molar refractivity (Wildman–Crippen MR) is 80.8 cm³/mol. The summed E-state index contributed by atoms with van der Waals surface area (Å²) in [7, 11) is 0. The van der Waals surface area contributed by atoms with E-state index in [1.807, 2.05) is 28.8 Å². The van der Waals surface area contributed by atoms with Crippen LogP contribution < -0.4 is 5.32 Å². The summed E-state index contributed by atoms with van der Waals surface area (Å²) < 4.78 is 15.0. The lowest BCUT2D eigenvalue weighted by molar-refractivity contribution is 0.310. The summed E-state index contributed by atoms with van der Waals surface area (Å²) in [5.41, 5.74) is 2.88. The molecular weight excluding hydrogens is 269 g/mol. The topological polar surface area (TPSA) is 50.1 Å². The summed E-state index contributed by atoms with van der Waals surface area (Å²) in [5, 5.41) is 12.1.